The molecule has 7 heteroatoms. The monoisotopic (exact) mass is 397 g/mol. The van der Waals surface area contributed by atoms with Crippen LogP contribution in [0.1, 0.15) is 29.8 Å². The third-order valence-electron chi connectivity index (χ3n) is 4.54. The number of carbonyl (C=O) groups excluding carboxylic acids is 1. The number of nitrogens with zero attached hydrogens (tertiary/aromatic N) is 2. The maximum Gasteiger partial charge on any atom is 0.251 e. The van der Waals surface area contributed by atoms with Crippen LogP contribution in [0, 0.1) is 6.92 Å². The molecule has 1 heterocycles. The molecule has 1 N–H and O–H groups in total. The summed E-state index contributed by atoms with van der Waals surface area (Å²) in [6, 6.07) is 11.4. The normalized spacial score (nSPS) is 11.2. The van der Waals surface area contributed by atoms with E-state index < -0.39 is 6.29 Å². The van der Waals surface area contributed by atoms with Crippen molar-refractivity contribution in [3.63, 3.8) is 0 Å². The summed E-state index contributed by atoms with van der Waals surface area (Å²) in [6.07, 6.45) is 1.29. The molecule has 0 bridgehead atoms. The summed E-state index contributed by atoms with van der Waals surface area (Å²) < 4.78 is 18.4. The lowest BCUT2D eigenvalue weighted by molar-refractivity contribution is -0.131. The largest absolute Gasteiger partial charge is 0.495 e. The van der Waals surface area contributed by atoms with Gasteiger partial charge in [0.15, 0.2) is 6.29 Å². The Morgan fingerprint density at radius 3 is 2.59 bits per heavy atom. The van der Waals surface area contributed by atoms with Gasteiger partial charge in [-0.25, -0.2) is 4.98 Å². The standard InChI is InChI=1S/C22H27N3O4/c1-5-28-21(29-6-2)13-23-22(26)16-8-9-18-17(12-16)24-14-25(18)19-11-15(3)7-10-20(19)27-4/h7-12,14,21H,5-6,13H2,1-4H3,(H,23,26). The summed E-state index contributed by atoms with van der Waals surface area (Å²) in [5.41, 5.74) is 4.19. The number of benzene rings is 2. The number of fused-ring (bicyclic) bond motifs is 1. The lowest BCUT2D eigenvalue weighted by Crippen LogP contribution is -2.35. The van der Waals surface area contributed by atoms with Crippen molar-refractivity contribution in [3.8, 4) is 11.4 Å². The van der Waals surface area contributed by atoms with Crippen molar-refractivity contribution in [2.45, 2.75) is 27.1 Å². The van der Waals surface area contributed by atoms with E-state index >= 15 is 0 Å². The first-order valence-electron chi connectivity index (χ1n) is 9.70. The van der Waals surface area contributed by atoms with Crippen LogP contribution in [0.25, 0.3) is 16.7 Å². The van der Waals surface area contributed by atoms with Crippen LogP contribution in [0.3, 0.4) is 0 Å². The fourth-order valence-corrected chi connectivity index (χ4v) is 3.15. The average Bonchev–Trinajstić information content (AvgIpc) is 3.15. The Labute approximate surface area is 170 Å². The Kier molecular flexibility index (Phi) is 6.85. The van der Waals surface area contributed by atoms with Crippen LogP contribution in [0.2, 0.25) is 0 Å². The molecule has 0 saturated carbocycles. The molecule has 0 aliphatic carbocycles. The summed E-state index contributed by atoms with van der Waals surface area (Å²) >= 11 is 0. The molecule has 0 fully saturated rings. The number of hydrogen-bond donors (Lipinski definition) is 1. The molecule has 0 unspecified atom stereocenters. The highest BCUT2D eigenvalue weighted by Gasteiger charge is 2.14. The smallest absolute Gasteiger partial charge is 0.251 e. The zero-order chi connectivity index (χ0) is 20.8. The summed E-state index contributed by atoms with van der Waals surface area (Å²) in [6.45, 7) is 7.14. The maximum absolute atomic E-state index is 12.5. The molecule has 0 spiro atoms. The van der Waals surface area contributed by atoms with Gasteiger partial charge in [-0.2, -0.15) is 0 Å². The zero-order valence-corrected chi connectivity index (χ0v) is 17.3. The lowest BCUT2D eigenvalue weighted by Gasteiger charge is -2.17. The van der Waals surface area contributed by atoms with Gasteiger partial charge in [0.2, 0.25) is 0 Å². The number of carbonyl (C=O) groups is 1. The lowest BCUT2D eigenvalue weighted by atomic mass is 10.1. The molecular weight excluding hydrogens is 370 g/mol. The molecule has 0 aliphatic rings. The highest BCUT2D eigenvalue weighted by Crippen LogP contribution is 2.27. The molecular formula is C22H27N3O4. The first-order valence-corrected chi connectivity index (χ1v) is 9.70. The minimum absolute atomic E-state index is 0.195. The van der Waals surface area contributed by atoms with Gasteiger partial charge in [-0.05, 0) is 56.7 Å². The second kappa shape index (κ2) is 9.54. The molecule has 0 radical (unpaired) electrons. The second-order valence-electron chi connectivity index (χ2n) is 6.54. The van der Waals surface area contributed by atoms with E-state index in [-0.39, 0.29) is 12.5 Å². The Balaban J connectivity index is 1.82. The zero-order valence-electron chi connectivity index (χ0n) is 17.3. The third kappa shape index (κ3) is 4.75. The Morgan fingerprint density at radius 2 is 1.90 bits per heavy atom. The van der Waals surface area contributed by atoms with Crippen LogP contribution in [-0.4, -0.2) is 48.6 Å². The molecule has 1 aromatic heterocycles. The quantitative estimate of drug-likeness (QED) is 0.560. The first kappa shape index (κ1) is 20.8. The van der Waals surface area contributed by atoms with Gasteiger partial charge in [-0.15, -0.1) is 0 Å². The van der Waals surface area contributed by atoms with Gasteiger partial charge in [0.25, 0.3) is 5.91 Å². The summed E-state index contributed by atoms with van der Waals surface area (Å²) in [7, 11) is 1.65. The van der Waals surface area contributed by atoms with Crippen molar-refractivity contribution in [3.05, 3.63) is 53.9 Å². The molecule has 1 amide bonds. The fourth-order valence-electron chi connectivity index (χ4n) is 3.15. The van der Waals surface area contributed by atoms with Crippen molar-refractivity contribution in [1.82, 2.24) is 14.9 Å². The second-order valence-corrected chi connectivity index (χ2v) is 6.54. The molecule has 0 aliphatic heterocycles. The topological polar surface area (TPSA) is 74.6 Å². The van der Waals surface area contributed by atoms with Gasteiger partial charge >= 0.3 is 0 Å². The number of methoxy groups -OCH3 is 1. The van der Waals surface area contributed by atoms with Crippen LogP contribution in [-0.2, 0) is 9.47 Å². The number of amides is 1. The van der Waals surface area contributed by atoms with Crippen molar-refractivity contribution in [2.75, 3.05) is 26.9 Å². The maximum atomic E-state index is 12.5. The molecule has 2 aromatic carbocycles. The minimum Gasteiger partial charge on any atom is -0.495 e. The van der Waals surface area contributed by atoms with Crippen molar-refractivity contribution in [1.29, 1.82) is 0 Å². The Hall–Kier alpha value is -2.90. The third-order valence-corrected chi connectivity index (χ3v) is 4.54. The van der Waals surface area contributed by atoms with Gasteiger partial charge in [-0.1, -0.05) is 6.07 Å². The van der Waals surface area contributed by atoms with E-state index in [1.807, 2.05) is 49.6 Å². The minimum atomic E-state index is -0.453. The molecule has 0 saturated heterocycles. The van der Waals surface area contributed by atoms with E-state index in [0.29, 0.717) is 18.8 Å². The van der Waals surface area contributed by atoms with E-state index in [0.717, 1.165) is 28.0 Å². The van der Waals surface area contributed by atoms with Gasteiger partial charge < -0.3 is 19.5 Å². The number of aryl methyl sites for hydroxylation is 1. The molecule has 154 valence electrons. The molecule has 3 aromatic rings. The van der Waals surface area contributed by atoms with Crippen LogP contribution in [0.4, 0.5) is 0 Å². The number of nitrogens with one attached hydrogen (secondary N) is 1. The van der Waals surface area contributed by atoms with Crippen LogP contribution in [0.5, 0.6) is 5.75 Å². The van der Waals surface area contributed by atoms with Crippen molar-refractivity contribution < 1.29 is 19.0 Å². The predicted octanol–water partition coefficient (Wildman–Crippen LogP) is 3.47. The SMILES string of the molecule is CCOC(CNC(=O)c1ccc2c(c1)ncn2-c1cc(C)ccc1OC)OCC. The van der Waals surface area contributed by atoms with Crippen LogP contribution >= 0.6 is 0 Å². The van der Waals surface area contributed by atoms with Crippen LogP contribution in [0.15, 0.2) is 42.7 Å². The van der Waals surface area contributed by atoms with Crippen molar-refractivity contribution >= 4 is 16.9 Å². The van der Waals surface area contributed by atoms with E-state index in [1.54, 1.807) is 25.6 Å². The van der Waals surface area contributed by atoms with E-state index in [4.69, 9.17) is 14.2 Å². The molecule has 0 atom stereocenters. The predicted molar refractivity (Wildman–Crippen MR) is 112 cm³/mol. The Morgan fingerprint density at radius 1 is 1.14 bits per heavy atom. The van der Waals surface area contributed by atoms with E-state index in [2.05, 4.69) is 10.3 Å². The number of aromatic nitrogens is 2. The average molecular weight is 397 g/mol. The molecule has 29 heavy (non-hydrogen) atoms. The fraction of sp³-hybridized carbons (Fsp3) is 0.364. The Bertz CT molecular complexity index is 977. The van der Waals surface area contributed by atoms with E-state index in [9.17, 15) is 4.79 Å². The number of imidazole rings is 1. The number of hydrogen-bond acceptors (Lipinski definition) is 5. The molecule has 7 nitrogen and oxygen atoms in total. The van der Waals surface area contributed by atoms with Gasteiger partial charge in [0, 0.05) is 18.8 Å². The summed E-state index contributed by atoms with van der Waals surface area (Å²) in [4.78, 5) is 17.0. The number of ether oxygens (including phenoxy) is 3. The van der Waals surface area contributed by atoms with Gasteiger partial charge in [0.05, 0.1) is 30.4 Å². The molecule has 3 rings (SSSR count). The van der Waals surface area contributed by atoms with Gasteiger partial charge in [0.1, 0.15) is 12.1 Å². The van der Waals surface area contributed by atoms with Gasteiger partial charge in [-0.3, -0.25) is 9.36 Å². The number of rotatable bonds is 9. The highest BCUT2D eigenvalue weighted by atomic mass is 16.7. The van der Waals surface area contributed by atoms with E-state index in [1.165, 1.54) is 0 Å². The van der Waals surface area contributed by atoms with Crippen LogP contribution < -0.4 is 10.1 Å². The first-order chi connectivity index (χ1) is 14.1. The summed E-state index contributed by atoms with van der Waals surface area (Å²) in [5.74, 6) is 0.564. The highest BCUT2D eigenvalue weighted by molar-refractivity contribution is 5.97. The summed E-state index contributed by atoms with van der Waals surface area (Å²) in [5, 5.41) is 2.85. The van der Waals surface area contributed by atoms with Crippen molar-refractivity contribution in [2.24, 2.45) is 0 Å².